The summed E-state index contributed by atoms with van der Waals surface area (Å²) in [4.78, 5) is 0. The molecule has 126 valence electrons. The fourth-order valence-corrected chi connectivity index (χ4v) is 3.46. The van der Waals surface area contributed by atoms with E-state index in [2.05, 4.69) is 0 Å². The predicted octanol–water partition coefficient (Wildman–Crippen LogP) is 6.15. The maximum absolute atomic E-state index is 14.9. The van der Waals surface area contributed by atoms with Gasteiger partial charge in [-0.3, -0.25) is 0 Å². The van der Waals surface area contributed by atoms with Crippen molar-refractivity contribution < 1.29 is 13.2 Å². The van der Waals surface area contributed by atoms with Crippen molar-refractivity contribution in [1.82, 2.24) is 0 Å². The van der Waals surface area contributed by atoms with E-state index in [1.165, 1.54) is 12.5 Å². The summed E-state index contributed by atoms with van der Waals surface area (Å²) in [6.07, 6.45) is 1.22. The Morgan fingerprint density at radius 3 is 2.08 bits per heavy atom. The molecule has 0 fully saturated rings. The topological polar surface area (TPSA) is 0 Å². The van der Waals surface area contributed by atoms with Gasteiger partial charge in [0.25, 0.3) is 0 Å². The fraction of sp³-hybridized carbons (Fsp3) is 0.182. The van der Waals surface area contributed by atoms with Gasteiger partial charge in [0.2, 0.25) is 0 Å². The Labute approximate surface area is 144 Å². The Bertz CT molecular complexity index is 985. The van der Waals surface area contributed by atoms with Crippen molar-refractivity contribution in [2.75, 3.05) is 0 Å². The monoisotopic (exact) mass is 338 g/mol. The maximum Gasteiger partial charge on any atom is 0.167 e. The molecule has 0 saturated heterocycles. The molecule has 4 rings (SSSR count). The molecular formula is C22H17F3. The van der Waals surface area contributed by atoms with Crippen LogP contribution in [-0.2, 0) is 12.8 Å². The zero-order valence-corrected chi connectivity index (χ0v) is 14.1. The van der Waals surface area contributed by atoms with E-state index < -0.39 is 17.5 Å². The number of aryl methyl sites for hydroxylation is 4. The second kappa shape index (κ2) is 5.76. The van der Waals surface area contributed by atoms with E-state index in [1.54, 1.807) is 12.1 Å². The van der Waals surface area contributed by atoms with Crippen molar-refractivity contribution in [2.24, 2.45) is 0 Å². The lowest BCUT2D eigenvalue weighted by Gasteiger charge is -2.27. The molecule has 0 aromatic heterocycles. The van der Waals surface area contributed by atoms with Crippen molar-refractivity contribution >= 4 is 0 Å². The highest BCUT2D eigenvalue weighted by Crippen LogP contribution is 2.51. The first kappa shape index (κ1) is 15.9. The van der Waals surface area contributed by atoms with Crippen molar-refractivity contribution in [1.29, 1.82) is 0 Å². The van der Waals surface area contributed by atoms with Crippen LogP contribution < -0.4 is 0 Å². The van der Waals surface area contributed by atoms with Crippen LogP contribution in [-0.4, -0.2) is 0 Å². The van der Waals surface area contributed by atoms with Crippen LogP contribution in [0.4, 0.5) is 13.2 Å². The lowest BCUT2D eigenvalue weighted by Crippen LogP contribution is -2.10. The van der Waals surface area contributed by atoms with Gasteiger partial charge in [-0.1, -0.05) is 42.0 Å². The number of hydrogen-bond acceptors (Lipinski definition) is 0. The van der Waals surface area contributed by atoms with Gasteiger partial charge in [-0.2, -0.15) is 0 Å². The lowest BCUT2D eigenvalue weighted by molar-refractivity contribution is 0.504. The molecule has 3 aromatic carbocycles. The van der Waals surface area contributed by atoms with Gasteiger partial charge in [0.15, 0.2) is 11.6 Å². The minimum Gasteiger partial charge on any atom is -0.206 e. The van der Waals surface area contributed by atoms with E-state index in [0.29, 0.717) is 29.5 Å². The van der Waals surface area contributed by atoms with Crippen molar-refractivity contribution in [2.45, 2.75) is 26.7 Å². The molecule has 0 unspecified atom stereocenters. The second-order valence-electron chi connectivity index (χ2n) is 6.69. The molecule has 0 amide bonds. The van der Waals surface area contributed by atoms with Gasteiger partial charge >= 0.3 is 0 Å². The van der Waals surface area contributed by atoms with Crippen LogP contribution in [0.5, 0.6) is 0 Å². The summed E-state index contributed by atoms with van der Waals surface area (Å²) in [6.45, 7) is 3.54. The molecule has 0 aliphatic heterocycles. The molecule has 25 heavy (non-hydrogen) atoms. The Morgan fingerprint density at radius 1 is 0.680 bits per heavy atom. The molecule has 3 aromatic rings. The Balaban J connectivity index is 1.66. The summed E-state index contributed by atoms with van der Waals surface area (Å²) in [5.74, 6) is -2.27. The van der Waals surface area contributed by atoms with Gasteiger partial charge in [0, 0.05) is 11.1 Å². The van der Waals surface area contributed by atoms with E-state index in [4.69, 9.17) is 0 Å². The first-order chi connectivity index (χ1) is 12.0. The predicted molar refractivity (Wildman–Crippen MR) is 94.1 cm³/mol. The quantitative estimate of drug-likeness (QED) is 0.420. The summed E-state index contributed by atoms with van der Waals surface area (Å²) < 4.78 is 43.0. The average molecular weight is 338 g/mol. The first-order valence-electron chi connectivity index (χ1n) is 8.33. The Hall–Kier alpha value is -2.55. The van der Waals surface area contributed by atoms with E-state index in [0.717, 1.165) is 5.56 Å². The van der Waals surface area contributed by atoms with E-state index in [9.17, 15) is 13.2 Å². The van der Waals surface area contributed by atoms with Crippen LogP contribution in [0.2, 0.25) is 0 Å². The number of rotatable bonds is 3. The van der Waals surface area contributed by atoms with Crippen LogP contribution in [0.25, 0.3) is 22.3 Å². The molecule has 0 nitrogen and oxygen atoms in total. The van der Waals surface area contributed by atoms with Crippen LogP contribution in [0.3, 0.4) is 0 Å². The van der Waals surface area contributed by atoms with Gasteiger partial charge < -0.3 is 0 Å². The fourth-order valence-electron chi connectivity index (χ4n) is 3.46. The molecule has 3 heteroatoms. The summed E-state index contributed by atoms with van der Waals surface area (Å²) >= 11 is 0. The molecule has 0 radical (unpaired) electrons. The van der Waals surface area contributed by atoms with E-state index in [1.807, 2.05) is 37.3 Å². The zero-order chi connectivity index (χ0) is 17.7. The number of benzene rings is 3. The standard InChI is InChI=1S/C22H17F3/c1-12-3-5-14(6-4-12)7-8-15-9-10-16-17-11-13(2)20(23)22(25)19(17)18(16)21(15)24/h3-6,9-11H,7-8H2,1-2H3. The smallest absolute Gasteiger partial charge is 0.167 e. The molecule has 1 aliphatic rings. The summed E-state index contributed by atoms with van der Waals surface area (Å²) in [6, 6.07) is 13.3. The molecular weight excluding hydrogens is 321 g/mol. The number of halogens is 3. The summed E-state index contributed by atoms with van der Waals surface area (Å²) in [5.41, 5.74) is 4.63. The SMILES string of the molecule is Cc1ccc(CCc2ccc3c(c2F)-c2c-3cc(C)c(F)c2F)cc1. The van der Waals surface area contributed by atoms with Gasteiger partial charge in [-0.05, 0) is 60.6 Å². The lowest BCUT2D eigenvalue weighted by atomic mass is 9.77. The largest absolute Gasteiger partial charge is 0.206 e. The van der Waals surface area contributed by atoms with Gasteiger partial charge in [0.05, 0.1) is 0 Å². The minimum atomic E-state index is -0.947. The van der Waals surface area contributed by atoms with Crippen LogP contribution >= 0.6 is 0 Å². The average Bonchev–Trinajstić information content (AvgIpc) is 2.59. The summed E-state index contributed by atoms with van der Waals surface area (Å²) in [7, 11) is 0. The van der Waals surface area contributed by atoms with E-state index >= 15 is 0 Å². The zero-order valence-electron chi connectivity index (χ0n) is 14.1. The van der Waals surface area contributed by atoms with Gasteiger partial charge in [0.1, 0.15) is 5.82 Å². The third-order valence-electron chi connectivity index (χ3n) is 4.95. The van der Waals surface area contributed by atoms with Crippen molar-refractivity contribution in [3.63, 3.8) is 0 Å². The molecule has 1 aliphatic carbocycles. The minimum absolute atomic E-state index is 0.0767. The van der Waals surface area contributed by atoms with Crippen LogP contribution in [0.1, 0.15) is 22.3 Å². The molecule has 0 spiro atoms. The maximum atomic E-state index is 14.9. The third kappa shape index (κ3) is 2.46. The molecule has 0 bridgehead atoms. The molecule has 0 N–H and O–H groups in total. The number of hydrogen-bond donors (Lipinski definition) is 0. The molecule has 0 saturated carbocycles. The van der Waals surface area contributed by atoms with E-state index in [-0.39, 0.29) is 16.7 Å². The second-order valence-corrected chi connectivity index (χ2v) is 6.69. The highest BCUT2D eigenvalue weighted by Gasteiger charge is 2.32. The Kier molecular flexibility index (Phi) is 3.68. The highest BCUT2D eigenvalue weighted by atomic mass is 19.2. The summed E-state index contributed by atoms with van der Waals surface area (Å²) in [5, 5.41) is 0. The molecule has 0 heterocycles. The Morgan fingerprint density at radius 2 is 1.36 bits per heavy atom. The normalized spacial score (nSPS) is 11.7. The number of fused-ring (bicyclic) bond motifs is 4. The highest BCUT2D eigenvalue weighted by molar-refractivity contribution is 6.03. The van der Waals surface area contributed by atoms with Crippen molar-refractivity contribution in [3.05, 3.63) is 82.2 Å². The first-order valence-corrected chi connectivity index (χ1v) is 8.33. The van der Waals surface area contributed by atoms with Crippen molar-refractivity contribution in [3.8, 4) is 22.3 Å². The van der Waals surface area contributed by atoms with Crippen LogP contribution in [0.15, 0.2) is 42.5 Å². The van der Waals surface area contributed by atoms with Crippen LogP contribution in [0, 0.1) is 31.3 Å². The van der Waals surface area contributed by atoms with Gasteiger partial charge in [-0.25, -0.2) is 13.2 Å². The molecule has 0 atom stereocenters. The van der Waals surface area contributed by atoms with Gasteiger partial charge in [-0.15, -0.1) is 0 Å². The third-order valence-corrected chi connectivity index (χ3v) is 4.95.